The van der Waals surface area contributed by atoms with Crippen molar-refractivity contribution in [1.82, 2.24) is 9.55 Å². The molecule has 2 rings (SSSR count). The van der Waals surface area contributed by atoms with E-state index in [4.69, 9.17) is 5.73 Å². The van der Waals surface area contributed by atoms with Gasteiger partial charge in [-0.25, -0.2) is 4.98 Å². The number of halogens is 1. The summed E-state index contributed by atoms with van der Waals surface area (Å²) in [6, 6.07) is 5.37. The second kappa shape index (κ2) is 5.44. The second-order valence-electron chi connectivity index (χ2n) is 4.46. The highest BCUT2D eigenvalue weighted by Gasteiger charge is 2.15. The Labute approximate surface area is 120 Å². The van der Waals surface area contributed by atoms with E-state index in [1.807, 2.05) is 18.4 Å². The first-order chi connectivity index (χ1) is 8.99. The predicted octanol–water partition coefficient (Wildman–Crippen LogP) is 3.06. The topological polar surface area (TPSA) is 72.9 Å². The average Bonchev–Trinajstić information content (AvgIpc) is 2.74. The Bertz CT molecular complexity index is 606. The summed E-state index contributed by atoms with van der Waals surface area (Å²) in [6.45, 7) is 3.99. The van der Waals surface area contributed by atoms with Crippen LogP contribution in [-0.4, -0.2) is 15.5 Å². The van der Waals surface area contributed by atoms with Crippen LogP contribution in [0.1, 0.15) is 30.4 Å². The van der Waals surface area contributed by atoms with Crippen LogP contribution >= 0.6 is 15.9 Å². The Morgan fingerprint density at radius 1 is 1.53 bits per heavy atom. The summed E-state index contributed by atoms with van der Waals surface area (Å²) in [6.07, 6.45) is 3.41. The van der Waals surface area contributed by atoms with Crippen molar-refractivity contribution in [2.45, 2.75) is 19.9 Å². The molecule has 0 saturated heterocycles. The summed E-state index contributed by atoms with van der Waals surface area (Å²) in [5, 5.41) is 2.81. The second-order valence-corrected chi connectivity index (χ2v) is 5.21. The number of nitrogen functional groups attached to an aromatic ring is 1. The number of hydrogen-bond acceptors (Lipinski definition) is 3. The lowest BCUT2D eigenvalue weighted by Crippen LogP contribution is -2.18. The lowest BCUT2D eigenvalue weighted by Gasteiger charge is -2.13. The number of carbonyl (C=O) groups excluding carboxylic acids is 1. The van der Waals surface area contributed by atoms with Gasteiger partial charge in [0.05, 0.1) is 11.4 Å². The summed E-state index contributed by atoms with van der Waals surface area (Å²) >= 11 is 3.29. The van der Waals surface area contributed by atoms with E-state index in [0.717, 1.165) is 0 Å². The zero-order chi connectivity index (χ0) is 14.0. The quantitative estimate of drug-likeness (QED) is 0.853. The normalized spacial score (nSPS) is 10.7. The van der Waals surface area contributed by atoms with Crippen LogP contribution in [-0.2, 0) is 0 Å². The van der Waals surface area contributed by atoms with Gasteiger partial charge in [-0.05, 0) is 48.0 Å². The van der Waals surface area contributed by atoms with Crippen LogP contribution < -0.4 is 11.1 Å². The lowest BCUT2D eigenvalue weighted by atomic mass is 10.3. The molecule has 0 aliphatic carbocycles. The van der Waals surface area contributed by atoms with E-state index in [1.165, 1.54) is 0 Å². The number of carbonyl (C=O) groups is 1. The maximum Gasteiger partial charge on any atom is 0.272 e. The molecule has 0 aromatic carbocycles. The minimum atomic E-state index is -0.209. The van der Waals surface area contributed by atoms with Crippen molar-refractivity contribution >= 4 is 33.2 Å². The van der Waals surface area contributed by atoms with E-state index in [-0.39, 0.29) is 11.9 Å². The van der Waals surface area contributed by atoms with Crippen molar-refractivity contribution in [3.8, 4) is 0 Å². The SMILES string of the molecule is CC(C)n1cc(N)cc1C(=O)Nc1cccnc1Br. The van der Waals surface area contributed by atoms with E-state index < -0.39 is 0 Å². The summed E-state index contributed by atoms with van der Waals surface area (Å²) in [5.74, 6) is -0.209. The third kappa shape index (κ3) is 2.96. The van der Waals surface area contributed by atoms with Gasteiger partial charge < -0.3 is 15.6 Å². The van der Waals surface area contributed by atoms with Gasteiger partial charge in [0.25, 0.3) is 5.91 Å². The lowest BCUT2D eigenvalue weighted by molar-refractivity contribution is 0.101. The van der Waals surface area contributed by atoms with Crippen LogP contribution in [0.15, 0.2) is 35.2 Å². The third-order valence-electron chi connectivity index (χ3n) is 2.67. The van der Waals surface area contributed by atoms with Crippen molar-refractivity contribution in [2.75, 3.05) is 11.1 Å². The minimum absolute atomic E-state index is 0.162. The van der Waals surface area contributed by atoms with Gasteiger partial charge in [0.1, 0.15) is 10.3 Å². The molecule has 0 aliphatic heterocycles. The minimum Gasteiger partial charge on any atom is -0.397 e. The van der Waals surface area contributed by atoms with Crippen molar-refractivity contribution < 1.29 is 4.79 Å². The maximum atomic E-state index is 12.3. The van der Waals surface area contributed by atoms with E-state index in [0.29, 0.717) is 21.7 Å². The highest BCUT2D eigenvalue weighted by atomic mass is 79.9. The zero-order valence-electron chi connectivity index (χ0n) is 10.7. The molecular formula is C13H15BrN4O. The summed E-state index contributed by atoms with van der Waals surface area (Å²) in [4.78, 5) is 16.3. The van der Waals surface area contributed by atoms with Crippen LogP contribution in [0.25, 0.3) is 0 Å². The number of nitrogens with one attached hydrogen (secondary N) is 1. The first-order valence-electron chi connectivity index (χ1n) is 5.88. The van der Waals surface area contributed by atoms with Gasteiger partial charge in [0.2, 0.25) is 0 Å². The Morgan fingerprint density at radius 2 is 2.26 bits per heavy atom. The van der Waals surface area contributed by atoms with Crippen LogP contribution in [0.2, 0.25) is 0 Å². The maximum absolute atomic E-state index is 12.3. The Balaban J connectivity index is 2.28. The van der Waals surface area contributed by atoms with Crippen molar-refractivity contribution in [3.05, 3.63) is 40.9 Å². The first kappa shape index (κ1) is 13.6. The van der Waals surface area contributed by atoms with Gasteiger partial charge >= 0.3 is 0 Å². The van der Waals surface area contributed by atoms with Crippen LogP contribution in [0, 0.1) is 0 Å². The molecule has 0 radical (unpaired) electrons. The number of hydrogen-bond donors (Lipinski definition) is 2. The molecule has 3 N–H and O–H groups in total. The molecule has 0 fully saturated rings. The van der Waals surface area contributed by atoms with Crippen molar-refractivity contribution in [1.29, 1.82) is 0 Å². The van der Waals surface area contributed by atoms with Gasteiger partial charge in [-0.1, -0.05) is 0 Å². The summed E-state index contributed by atoms with van der Waals surface area (Å²) < 4.78 is 2.44. The molecule has 0 bridgehead atoms. The summed E-state index contributed by atoms with van der Waals surface area (Å²) in [5.41, 5.74) is 7.49. The molecular weight excluding hydrogens is 308 g/mol. The number of pyridine rings is 1. The highest BCUT2D eigenvalue weighted by molar-refractivity contribution is 9.10. The monoisotopic (exact) mass is 322 g/mol. The largest absolute Gasteiger partial charge is 0.397 e. The number of nitrogens with two attached hydrogens (primary N) is 1. The molecule has 100 valence electrons. The molecule has 2 aromatic heterocycles. The first-order valence-corrected chi connectivity index (χ1v) is 6.67. The zero-order valence-corrected chi connectivity index (χ0v) is 12.3. The molecule has 0 spiro atoms. The number of anilines is 2. The fourth-order valence-corrected chi connectivity index (χ4v) is 2.12. The Kier molecular flexibility index (Phi) is 3.90. The standard InChI is InChI=1S/C13H15BrN4O/c1-8(2)18-7-9(15)6-11(18)13(19)17-10-4-3-5-16-12(10)14/h3-8H,15H2,1-2H3,(H,17,19). The van der Waals surface area contributed by atoms with E-state index in [2.05, 4.69) is 26.2 Å². The number of nitrogens with zero attached hydrogens (tertiary/aromatic N) is 2. The van der Waals surface area contributed by atoms with Crippen LogP contribution in [0.5, 0.6) is 0 Å². The fraction of sp³-hybridized carbons (Fsp3) is 0.231. The van der Waals surface area contributed by atoms with Gasteiger partial charge in [0.15, 0.2) is 0 Å². The molecule has 2 heterocycles. The molecule has 0 aliphatic rings. The van der Waals surface area contributed by atoms with Gasteiger partial charge in [-0.2, -0.15) is 0 Å². The van der Waals surface area contributed by atoms with Crippen molar-refractivity contribution in [3.63, 3.8) is 0 Å². The van der Waals surface area contributed by atoms with E-state index >= 15 is 0 Å². The summed E-state index contributed by atoms with van der Waals surface area (Å²) in [7, 11) is 0. The highest BCUT2D eigenvalue weighted by Crippen LogP contribution is 2.21. The fourth-order valence-electron chi connectivity index (χ4n) is 1.78. The van der Waals surface area contributed by atoms with E-state index in [1.54, 1.807) is 30.6 Å². The average molecular weight is 323 g/mol. The van der Waals surface area contributed by atoms with Gasteiger partial charge in [-0.15, -0.1) is 0 Å². The van der Waals surface area contributed by atoms with E-state index in [9.17, 15) is 4.79 Å². The Hall–Kier alpha value is -1.82. The number of rotatable bonds is 3. The Morgan fingerprint density at radius 3 is 2.89 bits per heavy atom. The molecule has 0 saturated carbocycles. The van der Waals surface area contributed by atoms with Crippen LogP contribution in [0.3, 0.4) is 0 Å². The molecule has 1 amide bonds. The molecule has 2 aromatic rings. The van der Waals surface area contributed by atoms with Gasteiger partial charge in [-0.3, -0.25) is 4.79 Å². The number of amides is 1. The molecule has 0 unspecified atom stereocenters. The van der Waals surface area contributed by atoms with Crippen molar-refractivity contribution in [2.24, 2.45) is 0 Å². The van der Waals surface area contributed by atoms with Crippen LogP contribution in [0.4, 0.5) is 11.4 Å². The molecule has 6 heteroatoms. The predicted molar refractivity (Wildman–Crippen MR) is 79.1 cm³/mol. The third-order valence-corrected chi connectivity index (χ3v) is 3.30. The molecule has 19 heavy (non-hydrogen) atoms. The molecule has 0 atom stereocenters. The number of aromatic nitrogens is 2. The smallest absolute Gasteiger partial charge is 0.272 e. The molecule has 5 nitrogen and oxygen atoms in total. The van der Waals surface area contributed by atoms with Gasteiger partial charge in [0, 0.05) is 18.4 Å².